The monoisotopic (exact) mass is 658 g/mol. The Morgan fingerprint density at radius 1 is 1.13 bits per heavy atom. The molecule has 2 amide bonds. The van der Waals surface area contributed by atoms with Crippen LogP contribution in [0.5, 0.6) is 5.75 Å². The molecule has 2 aliphatic rings. The van der Waals surface area contributed by atoms with Crippen LogP contribution >= 0.6 is 0 Å². The number of imidazole rings is 1. The van der Waals surface area contributed by atoms with E-state index in [1.54, 1.807) is 18.2 Å². The molecule has 10 nitrogen and oxygen atoms in total. The van der Waals surface area contributed by atoms with Gasteiger partial charge in [0, 0.05) is 50.5 Å². The molecule has 0 radical (unpaired) electrons. The van der Waals surface area contributed by atoms with Gasteiger partial charge in [0.1, 0.15) is 24.0 Å². The van der Waals surface area contributed by atoms with E-state index in [0.29, 0.717) is 36.8 Å². The van der Waals surface area contributed by atoms with E-state index in [1.807, 2.05) is 6.92 Å². The van der Waals surface area contributed by atoms with Crippen molar-refractivity contribution < 1.29 is 36.6 Å². The molecule has 47 heavy (non-hydrogen) atoms. The number of fused-ring (bicyclic) bond motifs is 1. The number of rotatable bonds is 8. The van der Waals surface area contributed by atoms with Crippen molar-refractivity contribution in [1.82, 2.24) is 25.1 Å². The van der Waals surface area contributed by atoms with E-state index in [0.717, 1.165) is 23.7 Å². The van der Waals surface area contributed by atoms with Gasteiger partial charge in [-0.2, -0.15) is 13.2 Å². The number of aromatic nitrogens is 2. The lowest BCUT2D eigenvalue weighted by Gasteiger charge is -2.44. The molecule has 3 heterocycles. The first kappa shape index (κ1) is 34.0. The number of methoxy groups -OCH3 is 1. The van der Waals surface area contributed by atoms with Gasteiger partial charge in [0.05, 0.1) is 42.8 Å². The second-order valence-electron chi connectivity index (χ2n) is 11.8. The van der Waals surface area contributed by atoms with E-state index in [-0.39, 0.29) is 53.1 Å². The summed E-state index contributed by atoms with van der Waals surface area (Å²) in [6, 6.07) is 7.22. The van der Waals surface area contributed by atoms with Crippen LogP contribution in [0.3, 0.4) is 0 Å². The maximum absolute atomic E-state index is 15.6. The number of anilines is 1. The van der Waals surface area contributed by atoms with Crippen molar-refractivity contribution in [3.8, 4) is 17.6 Å². The molecule has 5 rings (SSSR count). The molecule has 2 fully saturated rings. The van der Waals surface area contributed by atoms with Gasteiger partial charge in [0.15, 0.2) is 0 Å². The maximum atomic E-state index is 15.6. The number of alkyl halides is 4. The number of likely N-dealkylation sites (tertiary alicyclic amines) is 1. The first-order valence-corrected chi connectivity index (χ1v) is 15.4. The fourth-order valence-electron chi connectivity index (χ4n) is 6.20. The van der Waals surface area contributed by atoms with Crippen LogP contribution in [0.15, 0.2) is 36.7 Å². The molecule has 0 unspecified atom stereocenters. The minimum atomic E-state index is -4.52. The zero-order valence-corrected chi connectivity index (χ0v) is 26.4. The van der Waals surface area contributed by atoms with Gasteiger partial charge >= 0.3 is 6.18 Å². The lowest BCUT2D eigenvalue weighted by molar-refractivity contribution is -0.140. The third-order valence-corrected chi connectivity index (χ3v) is 8.55. The summed E-state index contributed by atoms with van der Waals surface area (Å²) in [5.74, 6) is 5.14. The Morgan fingerprint density at radius 3 is 2.57 bits per heavy atom. The Labute approximate surface area is 270 Å². The highest BCUT2D eigenvalue weighted by Crippen LogP contribution is 2.28. The van der Waals surface area contributed by atoms with Crippen molar-refractivity contribution in [3.63, 3.8) is 0 Å². The first-order chi connectivity index (χ1) is 22.5. The third kappa shape index (κ3) is 8.15. The minimum absolute atomic E-state index is 0.0124. The van der Waals surface area contributed by atoms with Crippen LogP contribution < -0.4 is 20.7 Å². The van der Waals surface area contributed by atoms with Crippen LogP contribution in [0.1, 0.15) is 46.0 Å². The molecule has 2 saturated heterocycles. The van der Waals surface area contributed by atoms with Gasteiger partial charge < -0.3 is 30.0 Å². The predicted octanol–water partition coefficient (Wildman–Crippen LogP) is 4.00. The quantitative estimate of drug-likeness (QED) is 0.248. The molecule has 0 saturated carbocycles. The van der Waals surface area contributed by atoms with E-state index in [1.165, 1.54) is 26.3 Å². The normalized spacial score (nSPS) is 20.7. The molecule has 14 heteroatoms. The summed E-state index contributed by atoms with van der Waals surface area (Å²) in [4.78, 5) is 31.8. The average Bonchev–Trinajstić information content (AvgIpc) is 3.45. The van der Waals surface area contributed by atoms with Gasteiger partial charge in [0.2, 0.25) is 0 Å². The Hall–Kier alpha value is -4.35. The van der Waals surface area contributed by atoms with Crippen molar-refractivity contribution in [2.75, 3.05) is 52.3 Å². The number of piperidine rings is 1. The average molecular weight is 659 g/mol. The Kier molecular flexibility index (Phi) is 10.6. The number of carbonyl (C=O) groups excluding carboxylic acids is 2. The van der Waals surface area contributed by atoms with Gasteiger partial charge in [-0.15, -0.1) is 0 Å². The predicted molar refractivity (Wildman–Crippen MR) is 168 cm³/mol. The summed E-state index contributed by atoms with van der Waals surface area (Å²) in [7, 11) is 2.99. The summed E-state index contributed by atoms with van der Waals surface area (Å²) < 4.78 is 67.4. The molecular formula is C33H38F4N6O4. The Bertz CT molecular complexity index is 1650. The summed E-state index contributed by atoms with van der Waals surface area (Å²) >= 11 is 0. The number of nitrogens with zero attached hydrogens (tertiary/aromatic N) is 3. The highest BCUT2D eigenvalue weighted by Gasteiger charge is 2.39. The molecule has 0 bridgehead atoms. The second-order valence-corrected chi connectivity index (χ2v) is 11.8. The van der Waals surface area contributed by atoms with Crippen molar-refractivity contribution in [2.45, 2.75) is 50.7 Å². The fraction of sp³-hybridized carbons (Fsp3) is 0.485. The van der Waals surface area contributed by atoms with E-state index in [2.05, 4.69) is 37.7 Å². The second kappa shape index (κ2) is 14.6. The van der Waals surface area contributed by atoms with Gasteiger partial charge in [-0.3, -0.25) is 14.5 Å². The lowest BCUT2D eigenvalue weighted by Crippen LogP contribution is -2.59. The number of halogens is 4. The maximum Gasteiger partial charge on any atom is 0.406 e. The van der Waals surface area contributed by atoms with Gasteiger partial charge in [-0.1, -0.05) is 18.8 Å². The molecule has 3 aromatic rings. The molecule has 3 N–H and O–H groups in total. The largest absolute Gasteiger partial charge is 0.495 e. The van der Waals surface area contributed by atoms with E-state index < -0.39 is 30.8 Å². The number of amides is 2. The Morgan fingerprint density at radius 2 is 1.89 bits per heavy atom. The highest BCUT2D eigenvalue weighted by atomic mass is 19.4. The number of carbonyl (C=O) groups is 2. The van der Waals surface area contributed by atoms with Crippen LogP contribution in [0.4, 0.5) is 23.2 Å². The van der Waals surface area contributed by atoms with Gasteiger partial charge in [-0.05, 0) is 49.1 Å². The van der Waals surface area contributed by atoms with Crippen LogP contribution in [-0.4, -0.2) is 97.7 Å². The number of hydrogen-bond donors (Lipinski definition) is 3. The third-order valence-electron chi connectivity index (χ3n) is 8.55. The van der Waals surface area contributed by atoms with Crippen molar-refractivity contribution >= 4 is 28.5 Å². The smallest absolute Gasteiger partial charge is 0.406 e. The van der Waals surface area contributed by atoms with E-state index in [4.69, 9.17) is 9.47 Å². The van der Waals surface area contributed by atoms with Crippen molar-refractivity contribution in [2.24, 2.45) is 5.92 Å². The number of benzene rings is 2. The molecule has 3 atom stereocenters. The zero-order chi connectivity index (χ0) is 33.7. The Balaban J connectivity index is 1.36. The van der Waals surface area contributed by atoms with E-state index in [9.17, 15) is 22.8 Å². The standard InChI is InChI=1S/C33H38F4N6O4/c1-20-16-42(23-8-11-47-12-9-23)17-25(34)29(20)41-32(45)24-13-21(14-27-30(24)40-19-43(27)18-33(35,36)37)5-4-10-39-26-7-6-22(31(44)38-2)15-28(26)46-3/h6-7,13-15,19-20,23,25,29,39H,8-12,16-18H2,1-3H3,(H,38,44)(H,41,45)/t20-,25-,29+/m0/s1. The van der Waals surface area contributed by atoms with Crippen LogP contribution in [0, 0.1) is 17.8 Å². The summed E-state index contributed by atoms with van der Waals surface area (Å²) in [5.41, 5.74) is 1.43. The summed E-state index contributed by atoms with van der Waals surface area (Å²) in [6.07, 6.45) is -3.16. The number of nitrogens with one attached hydrogen (secondary N) is 3. The van der Waals surface area contributed by atoms with Crippen LogP contribution in [-0.2, 0) is 11.3 Å². The van der Waals surface area contributed by atoms with Crippen LogP contribution in [0.25, 0.3) is 11.0 Å². The molecule has 0 aliphatic carbocycles. The lowest BCUT2D eigenvalue weighted by atomic mass is 9.89. The highest BCUT2D eigenvalue weighted by molar-refractivity contribution is 6.05. The topological polar surface area (TPSA) is 110 Å². The molecule has 2 aromatic carbocycles. The molecular weight excluding hydrogens is 620 g/mol. The van der Waals surface area contributed by atoms with Crippen molar-refractivity contribution in [1.29, 1.82) is 0 Å². The molecule has 1 aromatic heterocycles. The fourth-order valence-corrected chi connectivity index (χ4v) is 6.20. The van der Waals surface area contributed by atoms with Gasteiger partial charge in [-0.25, -0.2) is 9.37 Å². The summed E-state index contributed by atoms with van der Waals surface area (Å²) in [5, 5.41) is 8.45. The molecule has 0 spiro atoms. The SMILES string of the molecule is CNC(=O)c1ccc(NCC#Cc2cc(C(=O)N[C@@H]3[C@@H](C)CN(C4CCOCC4)C[C@@H]3F)c3ncn(CC(F)(F)F)c3c2)c(OC)c1. The zero-order valence-electron chi connectivity index (χ0n) is 26.4. The van der Waals surface area contributed by atoms with E-state index >= 15 is 4.39 Å². The molecule has 2 aliphatic heterocycles. The van der Waals surface area contributed by atoms with Gasteiger partial charge in [0.25, 0.3) is 11.8 Å². The first-order valence-electron chi connectivity index (χ1n) is 15.4. The minimum Gasteiger partial charge on any atom is -0.495 e. The number of hydrogen-bond acceptors (Lipinski definition) is 7. The number of ether oxygens (including phenoxy) is 2. The van der Waals surface area contributed by atoms with Crippen LogP contribution in [0.2, 0.25) is 0 Å². The van der Waals surface area contributed by atoms with Crippen molar-refractivity contribution in [3.05, 3.63) is 53.3 Å². The summed E-state index contributed by atoms with van der Waals surface area (Å²) in [6.45, 7) is 2.75. The molecule has 252 valence electrons.